The van der Waals surface area contributed by atoms with Gasteiger partial charge in [-0.2, -0.15) is 10.4 Å². The van der Waals surface area contributed by atoms with E-state index in [9.17, 15) is 19.2 Å². The number of aryl methyl sites for hydroxylation is 1. The lowest BCUT2D eigenvalue weighted by molar-refractivity contribution is 0.0729. The molecule has 9 nitrogen and oxygen atoms in total. The zero-order valence-corrected chi connectivity index (χ0v) is 24.9. The fourth-order valence-electron chi connectivity index (χ4n) is 4.78. The zero-order valence-electron chi connectivity index (χ0n) is 24.2. The molecule has 0 unspecified atom stereocenters. The van der Waals surface area contributed by atoms with Crippen LogP contribution in [-0.2, 0) is 6.54 Å². The molecule has 1 N–H and O–H groups in total. The van der Waals surface area contributed by atoms with Crippen LogP contribution in [0.1, 0.15) is 61.9 Å². The van der Waals surface area contributed by atoms with Crippen molar-refractivity contribution in [1.82, 2.24) is 29.4 Å². The van der Waals surface area contributed by atoms with E-state index in [1.807, 2.05) is 19.1 Å². The number of carbonyl (C=O) groups is 2. The third kappa shape index (κ3) is 6.03. The first-order valence-corrected chi connectivity index (χ1v) is 14.1. The van der Waals surface area contributed by atoms with E-state index in [0.29, 0.717) is 22.5 Å². The molecule has 0 aliphatic rings. The molecule has 0 aliphatic carbocycles. The Hall–Kier alpha value is -5.45. The third-order valence-corrected chi connectivity index (χ3v) is 7.69. The maximum Gasteiger partial charge on any atom is 0.270 e. The van der Waals surface area contributed by atoms with Gasteiger partial charge in [0, 0.05) is 48.0 Å². The minimum Gasteiger partial charge on any atom is -0.350 e. The molecule has 2 amide bonds. The van der Waals surface area contributed by atoms with Crippen molar-refractivity contribution >= 4 is 29.1 Å². The van der Waals surface area contributed by atoms with E-state index in [-0.39, 0.29) is 41.0 Å². The molecular formula is C33H27ClFN7O2. The molecule has 0 radical (unpaired) electrons. The monoisotopic (exact) mass is 607 g/mol. The summed E-state index contributed by atoms with van der Waals surface area (Å²) in [6.07, 6.45) is 3.30. The van der Waals surface area contributed by atoms with Gasteiger partial charge in [-0.05, 0) is 73.9 Å². The maximum atomic E-state index is 14.5. The van der Waals surface area contributed by atoms with Crippen LogP contribution in [0.4, 0.5) is 4.39 Å². The van der Waals surface area contributed by atoms with Crippen molar-refractivity contribution in [2.45, 2.75) is 26.4 Å². The number of aromatic nitrogens is 4. The molecule has 0 bridgehead atoms. The smallest absolute Gasteiger partial charge is 0.270 e. The Morgan fingerprint density at radius 2 is 1.93 bits per heavy atom. The van der Waals surface area contributed by atoms with E-state index in [2.05, 4.69) is 33.3 Å². The van der Waals surface area contributed by atoms with Gasteiger partial charge in [-0.25, -0.2) is 13.9 Å². The number of benzene rings is 2. The largest absolute Gasteiger partial charge is 0.350 e. The van der Waals surface area contributed by atoms with E-state index in [1.54, 1.807) is 61.2 Å². The van der Waals surface area contributed by atoms with Crippen LogP contribution in [0.15, 0.2) is 73.1 Å². The van der Waals surface area contributed by atoms with E-state index in [1.165, 1.54) is 27.7 Å². The number of nitrogens with zero attached hydrogens (tertiary/aromatic N) is 6. The van der Waals surface area contributed by atoms with Crippen LogP contribution >= 0.6 is 11.6 Å². The van der Waals surface area contributed by atoms with Gasteiger partial charge in [-0.1, -0.05) is 29.7 Å². The van der Waals surface area contributed by atoms with Crippen LogP contribution in [0.25, 0.3) is 5.65 Å². The summed E-state index contributed by atoms with van der Waals surface area (Å²) in [6, 6.07) is 17.7. The van der Waals surface area contributed by atoms with E-state index < -0.39 is 17.8 Å². The van der Waals surface area contributed by atoms with Crippen molar-refractivity contribution in [2.24, 2.45) is 0 Å². The molecule has 220 valence electrons. The van der Waals surface area contributed by atoms with Gasteiger partial charge < -0.3 is 14.8 Å². The van der Waals surface area contributed by atoms with Crippen LogP contribution in [0, 0.1) is 35.9 Å². The Bertz CT molecular complexity index is 1980. The number of halogens is 2. The summed E-state index contributed by atoms with van der Waals surface area (Å²) in [6.45, 7) is 3.88. The molecule has 11 heteroatoms. The summed E-state index contributed by atoms with van der Waals surface area (Å²) < 4.78 is 17.7. The Kier molecular flexibility index (Phi) is 8.75. The number of fused-ring (bicyclic) bond motifs is 1. The highest BCUT2D eigenvalue weighted by Gasteiger charge is 2.26. The Labute approximate surface area is 258 Å². The van der Waals surface area contributed by atoms with E-state index in [0.717, 1.165) is 5.56 Å². The van der Waals surface area contributed by atoms with Gasteiger partial charge >= 0.3 is 0 Å². The van der Waals surface area contributed by atoms with Gasteiger partial charge in [0.05, 0.1) is 12.2 Å². The molecule has 5 rings (SSSR count). The number of hydrogen-bond acceptors (Lipinski definition) is 5. The van der Waals surface area contributed by atoms with Crippen LogP contribution in [0.5, 0.6) is 0 Å². The predicted molar refractivity (Wildman–Crippen MR) is 164 cm³/mol. The number of imidazole rings is 1. The highest BCUT2D eigenvalue weighted by atomic mass is 35.5. The summed E-state index contributed by atoms with van der Waals surface area (Å²) in [5.74, 6) is 4.91. The van der Waals surface area contributed by atoms with Crippen molar-refractivity contribution in [3.8, 4) is 17.9 Å². The normalized spacial score (nSPS) is 11.4. The molecule has 3 heterocycles. The molecule has 0 fully saturated rings. The zero-order chi connectivity index (χ0) is 31.4. The number of nitrogens with one attached hydrogen (secondary N) is 1. The number of amides is 2. The lowest BCUT2D eigenvalue weighted by atomic mass is 10.0. The molecule has 0 spiro atoms. The summed E-state index contributed by atoms with van der Waals surface area (Å²) in [5.41, 5.74) is 3.99. The first-order chi connectivity index (χ1) is 21.2. The van der Waals surface area contributed by atoms with Crippen molar-refractivity contribution in [2.75, 3.05) is 13.6 Å². The van der Waals surface area contributed by atoms with E-state index >= 15 is 0 Å². The molecule has 0 saturated carbocycles. The summed E-state index contributed by atoms with van der Waals surface area (Å²) >= 11 is 6.23. The second-order valence-corrected chi connectivity index (χ2v) is 10.5. The second-order valence-electron chi connectivity index (χ2n) is 10.1. The Morgan fingerprint density at radius 1 is 1.11 bits per heavy atom. The minimum atomic E-state index is -0.674. The summed E-state index contributed by atoms with van der Waals surface area (Å²) in [4.78, 5) is 32.2. The van der Waals surface area contributed by atoms with Gasteiger partial charge in [-0.3, -0.25) is 9.59 Å². The molecule has 44 heavy (non-hydrogen) atoms. The average molecular weight is 608 g/mol. The number of hydrogen-bond donors (Lipinski definition) is 1. The average Bonchev–Trinajstić information content (AvgIpc) is 3.63. The highest BCUT2D eigenvalue weighted by molar-refractivity contribution is 6.31. The first kappa shape index (κ1) is 30.0. The number of nitriles is 1. The molecule has 1 atom stereocenters. The lowest BCUT2D eigenvalue weighted by Crippen LogP contribution is -2.33. The van der Waals surface area contributed by atoms with Gasteiger partial charge in [0.25, 0.3) is 11.8 Å². The number of carbonyl (C=O) groups excluding carboxylic acids is 2. The summed E-state index contributed by atoms with van der Waals surface area (Å²) in [5, 5.41) is 17.0. The Balaban J connectivity index is 1.28. The Morgan fingerprint density at radius 3 is 2.70 bits per heavy atom. The topological polar surface area (TPSA) is 108 Å². The number of rotatable bonds is 7. The van der Waals surface area contributed by atoms with Gasteiger partial charge in [0.2, 0.25) is 0 Å². The third-order valence-electron chi connectivity index (χ3n) is 7.36. The fraction of sp³-hybridized carbons (Fsp3) is 0.182. The standard InChI is InChI=1S/C33H27ClFN7O2/c1-21-9-10-24(18-23(21)11-12-26-20-38-30-8-5-15-39-42(26)30)32(43)37-16-17-41-25(19-36)13-14-29(41)33(44)40(3)22(2)31-27(34)6-4-7-28(31)35/h4-10,13-15,18,20,22H,16-17H2,1-3H3,(H,37,43)/t22-/m0/s1. The highest BCUT2D eigenvalue weighted by Crippen LogP contribution is 2.30. The maximum absolute atomic E-state index is 14.5. The molecule has 3 aromatic heterocycles. The van der Waals surface area contributed by atoms with Crippen LogP contribution in [-0.4, -0.2) is 49.5 Å². The predicted octanol–water partition coefficient (Wildman–Crippen LogP) is 5.17. The van der Waals surface area contributed by atoms with Gasteiger partial charge in [-0.15, -0.1) is 0 Å². The van der Waals surface area contributed by atoms with Crippen LogP contribution < -0.4 is 5.32 Å². The van der Waals surface area contributed by atoms with Gasteiger partial charge in [0.1, 0.15) is 29.0 Å². The summed E-state index contributed by atoms with van der Waals surface area (Å²) in [7, 11) is 1.55. The second kappa shape index (κ2) is 12.8. The van der Waals surface area contributed by atoms with Crippen LogP contribution in [0.3, 0.4) is 0 Å². The molecule has 5 aromatic rings. The van der Waals surface area contributed by atoms with Crippen molar-refractivity contribution in [1.29, 1.82) is 5.26 Å². The SMILES string of the molecule is Cc1ccc(C(=O)NCCn2c(C#N)ccc2C(=O)N(C)[C@@H](C)c2c(F)cccc2Cl)cc1C#Cc1cnc2cccnn12. The van der Waals surface area contributed by atoms with E-state index in [4.69, 9.17) is 11.6 Å². The fourth-order valence-corrected chi connectivity index (χ4v) is 5.10. The first-order valence-electron chi connectivity index (χ1n) is 13.7. The van der Waals surface area contributed by atoms with Crippen LogP contribution in [0.2, 0.25) is 5.02 Å². The van der Waals surface area contributed by atoms with Crippen molar-refractivity contribution in [3.05, 3.63) is 123 Å². The van der Waals surface area contributed by atoms with Gasteiger partial charge in [0.15, 0.2) is 5.65 Å². The van der Waals surface area contributed by atoms with Crippen molar-refractivity contribution < 1.29 is 14.0 Å². The minimum absolute atomic E-state index is 0.142. The molecule has 0 saturated heterocycles. The lowest BCUT2D eigenvalue weighted by Gasteiger charge is -2.27. The quantitative estimate of drug-likeness (QED) is 0.257. The molecule has 2 aromatic carbocycles. The molecule has 0 aliphatic heterocycles. The van der Waals surface area contributed by atoms with Crippen molar-refractivity contribution in [3.63, 3.8) is 0 Å². The molecular weight excluding hydrogens is 581 g/mol.